The molecule has 1 fully saturated rings. The van der Waals surface area contributed by atoms with Gasteiger partial charge in [0.1, 0.15) is 11.9 Å². The van der Waals surface area contributed by atoms with Gasteiger partial charge in [-0.1, -0.05) is 17.7 Å². The maximum atomic E-state index is 12.3. The number of hydrogen-bond donors (Lipinski definition) is 1. The third-order valence-electron chi connectivity index (χ3n) is 4.11. The van der Waals surface area contributed by atoms with Crippen LogP contribution < -0.4 is 10.1 Å². The molecule has 0 aliphatic carbocycles. The largest absolute Gasteiger partial charge is 0.489 e. The van der Waals surface area contributed by atoms with Crippen LogP contribution in [0.1, 0.15) is 25.3 Å². The van der Waals surface area contributed by atoms with E-state index in [1.54, 1.807) is 7.11 Å². The van der Waals surface area contributed by atoms with Gasteiger partial charge < -0.3 is 19.7 Å². The number of rotatable bonds is 6. The molecule has 2 atom stereocenters. The molecule has 128 valence electrons. The molecule has 2 rings (SSSR count). The quantitative estimate of drug-likeness (QED) is 0.877. The van der Waals surface area contributed by atoms with Crippen molar-refractivity contribution in [1.29, 1.82) is 0 Å². The van der Waals surface area contributed by atoms with Crippen LogP contribution in [-0.4, -0.2) is 50.4 Å². The molecule has 1 saturated heterocycles. The van der Waals surface area contributed by atoms with Crippen molar-refractivity contribution >= 4 is 6.03 Å². The predicted molar refractivity (Wildman–Crippen MR) is 90.8 cm³/mol. The molecule has 2 amide bonds. The Bertz CT molecular complexity index is 488. The van der Waals surface area contributed by atoms with Gasteiger partial charge in [0.2, 0.25) is 0 Å². The van der Waals surface area contributed by atoms with Crippen molar-refractivity contribution in [2.45, 2.75) is 32.8 Å². The Labute approximate surface area is 139 Å². The van der Waals surface area contributed by atoms with Gasteiger partial charge >= 0.3 is 6.03 Å². The Morgan fingerprint density at radius 1 is 1.39 bits per heavy atom. The van der Waals surface area contributed by atoms with E-state index in [0.717, 1.165) is 38.3 Å². The zero-order valence-electron chi connectivity index (χ0n) is 14.4. The van der Waals surface area contributed by atoms with Crippen LogP contribution in [-0.2, 0) is 4.74 Å². The average Bonchev–Trinajstić information content (AvgIpc) is 2.55. The second-order valence-electron chi connectivity index (χ2n) is 6.34. The van der Waals surface area contributed by atoms with Gasteiger partial charge in [0.15, 0.2) is 0 Å². The van der Waals surface area contributed by atoms with E-state index in [1.165, 1.54) is 5.56 Å². The number of nitrogens with zero attached hydrogens (tertiary/aromatic N) is 1. The Kier molecular flexibility index (Phi) is 6.71. The molecule has 1 N–H and O–H groups in total. The summed E-state index contributed by atoms with van der Waals surface area (Å²) in [6.07, 6.45) is 2.10. The Morgan fingerprint density at radius 3 is 2.83 bits per heavy atom. The van der Waals surface area contributed by atoms with Gasteiger partial charge in [0.05, 0.1) is 13.2 Å². The fraction of sp³-hybridized carbons (Fsp3) is 0.611. The van der Waals surface area contributed by atoms with Gasteiger partial charge in [0, 0.05) is 26.1 Å². The molecule has 1 aromatic rings. The zero-order valence-corrected chi connectivity index (χ0v) is 14.4. The van der Waals surface area contributed by atoms with Crippen LogP contribution >= 0.6 is 0 Å². The number of nitrogens with one attached hydrogen (secondary N) is 1. The summed E-state index contributed by atoms with van der Waals surface area (Å²) in [4.78, 5) is 14.1. The monoisotopic (exact) mass is 320 g/mol. The standard InChI is InChI=1S/C18H28N2O3/c1-14-6-8-17(9-7-14)23-15(2)11-19-18(21)20-10-4-5-16(12-20)13-22-3/h6-9,15-16H,4-5,10-13H2,1-3H3,(H,19,21). The smallest absolute Gasteiger partial charge is 0.317 e. The first-order valence-electron chi connectivity index (χ1n) is 8.33. The first-order valence-corrected chi connectivity index (χ1v) is 8.33. The van der Waals surface area contributed by atoms with E-state index in [0.29, 0.717) is 12.5 Å². The van der Waals surface area contributed by atoms with Crippen molar-refractivity contribution in [3.05, 3.63) is 29.8 Å². The number of ether oxygens (including phenoxy) is 2. The van der Waals surface area contributed by atoms with Crippen LogP contribution in [0.5, 0.6) is 5.75 Å². The van der Waals surface area contributed by atoms with E-state index >= 15 is 0 Å². The average molecular weight is 320 g/mol. The van der Waals surface area contributed by atoms with E-state index in [-0.39, 0.29) is 12.1 Å². The molecular weight excluding hydrogens is 292 g/mol. The SMILES string of the molecule is COCC1CCCN(C(=O)NCC(C)Oc2ccc(C)cc2)C1. The first-order chi connectivity index (χ1) is 11.1. The summed E-state index contributed by atoms with van der Waals surface area (Å²) in [5, 5.41) is 2.97. The molecule has 23 heavy (non-hydrogen) atoms. The van der Waals surface area contributed by atoms with Crippen LogP contribution in [0.3, 0.4) is 0 Å². The summed E-state index contributed by atoms with van der Waals surface area (Å²) in [5.74, 6) is 1.27. The molecule has 1 aliphatic rings. The summed E-state index contributed by atoms with van der Waals surface area (Å²) in [5.41, 5.74) is 1.20. The molecule has 1 aromatic carbocycles. The fourth-order valence-corrected chi connectivity index (χ4v) is 2.85. The third-order valence-corrected chi connectivity index (χ3v) is 4.11. The number of carbonyl (C=O) groups excluding carboxylic acids is 1. The van der Waals surface area contributed by atoms with Gasteiger partial charge in [-0.3, -0.25) is 0 Å². The van der Waals surface area contributed by atoms with Crippen LogP contribution in [0.15, 0.2) is 24.3 Å². The summed E-state index contributed by atoms with van der Waals surface area (Å²) in [6, 6.07) is 7.93. The highest BCUT2D eigenvalue weighted by Gasteiger charge is 2.23. The molecule has 0 aromatic heterocycles. The van der Waals surface area contributed by atoms with E-state index < -0.39 is 0 Å². The van der Waals surface area contributed by atoms with Crippen molar-refractivity contribution in [2.75, 3.05) is 33.4 Å². The summed E-state index contributed by atoms with van der Waals surface area (Å²) in [6.45, 7) is 6.81. The van der Waals surface area contributed by atoms with E-state index in [4.69, 9.17) is 9.47 Å². The van der Waals surface area contributed by atoms with Crippen LogP contribution in [0.4, 0.5) is 4.79 Å². The number of amides is 2. The molecule has 0 radical (unpaired) electrons. The van der Waals surface area contributed by atoms with Gasteiger partial charge in [-0.05, 0) is 38.8 Å². The number of benzene rings is 1. The molecule has 1 heterocycles. The van der Waals surface area contributed by atoms with Crippen LogP contribution in [0.2, 0.25) is 0 Å². The van der Waals surface area contributed by atoms with E-state index in [9.17, 15) is 4.79 Å². The van der Waals surface area contributed by atoms with Crippen molar-refractivity contribution < 1.29 is 14.3 Å². The lowest BCUT2D eigenvalue weighted by molar-refractivity contribution is 0.0992. The van der Waals surface area contributed by atoms with Crippen molar-refractivity contribution in [3.63, 3.8) is 0 Å². The minimum absolute atomic E-state index is 0.00911. The molecule has 5 nitrogen and oxygen atoms in total. The molecule has 0 saturated carbocycles. The number of carbonyl (C=O) groups is 1. The van der Waals surface area contributed by atoms with Crippen molar-refractivity contribution in [1.82, 2.24) is 10.2 Å². The Hall–Kier alpha value is -1.75. The highest BCUT2D eigenvalue weighted by atomic mass is 16.5. The van der Waals surface area contributed by atoms with Crippen LogP contribution in [0, 0.1) is 12.8 Å². The minimum atomic E-state index is -0.0683. The number of hydrogen-bond acceptors (Lipinski definition) is 3. The topological polar surface area (TPSA) is 50.8 Å². The molecule has 0 spiro atoms. The van der Waals surface area contributed by atoms with E-state index in [2.05, 4.69) is 5.32 Å². The summed E-state index contributed by atoms with van der Waals surface area (Å²) < 4.78 is 11.0. The second-order valence-corrected chi connectivity index (χ2v) is 6.34. The number of likely N-dealkylation sites (tertiary alicyclic amines) is 1. The van der Waals surface area contributed by atoms with Gasteiger partial charge in [-0.15, -0.1) is 0 Å². The van der Waals surface area contributed by atoms with Gasteiger partial charge in [0.25, 0.3) is 0 Å². The number of urea groups is 1. The highest BCUT2D eigenvalue weighted by molar-refractivity contribution is 5.74. The molecule has 1 aliphatic heterocycles. The number of piperidine rings is 1. The lowest BCUT2D eigenvalue weighted by Crippen LogP contribution is -2.48. The normalized spacial score (nSPS) is 19.3. The number of methoxy groups -OCH3 is 1. The van der Waals surface area contributed by atoms with Crippen molar-refractivity contribution in [2.24, 2.45) is 5.92 Å². The summed E-state index contributed by atoms with van der Waals surface area (Å²) in [7, 11) is 1.71. The van der Waals surface area contributed by atoms with Gasteiger partial charge in [-0.2, -0.15) is 0 Å². The zero-order chi connectivity index (χ0) is 16.7. The summed E-state index contributed by atoms with van der Waals surface area (Å²) >= 11 is 0. The molecular formula is C18H28N2O3. The van der Waals surface area contributed by atoms with E-state index in [1.807, 2.05) is 43.0 Å². The number of aryl methyl sites for hydroxylation is 1. The molecule has 5 heteroatoms. The first kappa shape index (κ1) is 17.6. The maximum Gasteiger partial charge on any atom is 0.317 e. The third kappa shape index (κ3) is 5.75. The molecule has 0 bridgehead atoms. The maximum absolute atomic E-state index is 12.3. The lowest BCUT2D eigenvalue weighted by atomic mass is 9.99. The van der Waals surface area contributed by atoms with Crippen LogP contribution in [0.25, 0.3) is 0 Å². The highest BCUT2D eigenvalue weighted by Crippen LogP contribution is 2.17. The second kappa shape index (κ2) is 8.77. The fourth-order valence-electron chi connectivity index (χ4n) is 2.85. The van der Waals surface area contributed by atoms with Gasteiger partial charge in [-0.25, -0.2) is 4.79 Å². The predicted octanol–water partition coefficient (Wildman–Crippen LogP) is 2.83. The lowest BCUT2D eigenvalue weighted by Gasteiger charge is -2.32. The van der Waals surface area contributed by atoms with Crippen molar-refractivity contribution in [3.8, 4) is 5.75 Å². The Balaban J connectivity index is 1.73. The molecule has 2 unspecified atom stereocenters. The Morgan fingerprint density at radius 2 is 2.13 bits per heavy atom. The minimum Gasteiger partial charge on any atom is -0.489 e.